The molecule has 1 aliphatic carbocycles. The molecular formula is C27H25N3OS. The van der Waals surface area contributed by atoms with Gasteiger partial charge in [-0.2, -0.15) is 5.10 Å². The molecule has 4 nitrogen and oxygen atoms in total. The Morgan fingerprint density at radius 3 is 2.56 bits per heavy atom. The minimum Gasteiger partial charge on any atom is -0.337 e. The highest BCUT2D eigenvalue weighted by Crippen LogP contribution is 2.42. The lowest BCUT2D eigenvalue weighted by molar-refractivity contribution is 0.0795. The van der Waals surface area contributed by atoms with Crippen LogP contribution in [0.1, 0.15) is 44.5 Å². The monoisotopic (exact) mass is 439 g/mol. The van der Waals surface area contributed by atoms with Gasteiger partial charge in [0.15, 0.2) is 0 Å². The minimum absolute atomic E-state index is 0.178. The third-order valence-corrected chi connectivity index (χ3v) is 7.96. The van der Waals surface area contributed by atoms with Crippen LogP contribution in [-0.2, 0) is 12.8 Å². The van der Waals surface area contributed by atoms with E-state index >= 15 is 0 Å². The van der Waals surface area contributed by atoms with E-state index in [4.69, 9.17) is 5.10 Å². The van der Waals surface area contributed by atoms with Crippen molar-refractivity contribution in [2.75, 3.05) is 13.1 Å². The van der Waals surface area contributed by atoms with Crippen molar-refractivity contribution in [3.8, 4) is 16.1 Å². The highest BCUT2D eigenvalue weighted by Gasteiger charge is 2.32. The smallest absolute Gasteiger partial charge is 0.263 e. The Kier molecular flexibility index (Phi) is 4.72. The van der Waals surface area contributed by atoms with E-state index in [-0.39, 0.29) is 5.91 Å². The molecule has 1 aliphatic heterocycles. The summed E-state index contributed by atoms with van der Waals surface area (Å²) in [6, 6.07) is 23.0. The molecule has 0 unspecified atom stereocenters. The second kappa shape index (κ2) is 7.75. The van der Waals surface area contributed by atoms with Crippen LogP contribution in [0.3, 0.4) is 0 Å². The number of carbonyl (C=O) groups is 1. The first-order valence-corrected chi connectivity index (χ1v) is 12.1. The Hall–Kier alpha value is -3.18. The lowest BCUT2D eigenvalue weighted by Gasteiger charge is -2.15. The summed E-state index contributed by atoms with van der Waals surface area (Å²) in [6.45, 7) is 3.72. The van der Waals surface area contributed by atoms with Crippen LogP contribution in [0.4, 0.5) is 0 Å². The van der Waals surface area contributed by atoms with E-state index in [9.17, 15) is 4.79 Å². The predicted molar refractivity (Wildman–Crippen MR) is 129 cm³/mol. The van der Waals surface area contributed by atoms with Crippen LogP contribution >= 0.6 is 11.3 Å². The van der Waals surface area contributed by atoms with E-state index in [0.29, 0.717) is 5.92 Å². The first kappa shape index (κ1) is 19.5. The minimum atomic E-state index is 0.178. The van der Waals surface area contributed by atoms with Crippen LogP contribution in [0.2, 0.25) is 0 Å². The molecule has 2 aliphatic rings. The van der Waals surface area contributed by atoms with Crippen LogP contribution in [-0.4, -0.2) is 33.7 Å². The molecule has 32 heavy (non-hydrogen) atoms. The normalized spacial score (nSPS) is 17.3. The number of hydrogen-bond donors (Lipinski definition) is 0. The number of likely N-dealkylation sites (tertiary alicyclic amines) is 1. The van der Waals surface area contributed by atoms with E-state index in [0.717, 1.165) is 48.6 Å². The standard InChI is InChI=1S/C27H25N3OS/c1-18-25-23(30(28-18)22-10-6-3-7-11-22)13-12-20-16-24(32-26(20)25)27(31)29-15-14-21(17-29)19-8-4-2-5-9-19/h2-11,16,21H,12-15,17H2,1H3/t21-/m1/s1. The van der Waals surface area contributed by atoms with Gasteiger partial charge in [0, 0.05) is 29.4 Å². The molecule has 2 aromatic heterocycles. The average molecular weight is 440 g/mol. The van der Waals surface area contributed by atoms with Crippen molar-refractivity contribution in [1.82, 2.24) is 14.7 Å². The van der Waals surface area contributed by atoms with Crippen molar-refractivity contribution in [2.45, 2.75) is 32.1 Å². The lowest BCUT2D eigenvalue weighted by atomic mass is 9.95. The van der Waals surface area contributed by atoms with Crippen LogP contribution in [0.25, 0.3) is 16.1 Å². The largest absolute Gasteiger partial charge is 0.337 e. The Balaban J connectivity index is 1.29. The maximum Gasteiger partial charge on any atom is 0.263 e. The molecule has 1 amide bonds. The zero-order valence-corrected chi connectivity index (χ0v) is 18.9. The Morgan fingerprint density at radius 2 is 1.78 bits per heavy atom. The van der Waals surface area contributed by atoms with Gasteiger partial charge in [-0.05, 0) is 55.5 Å². The summed E-state index contributed by atoms with van der Waals surface area (Å²) in [5.74, 6) is 0.616. The van der Waals surface area contributed by atoms with Gasteiger partial charge < -0.3 is 4.90 Å². The molecule has 1 fully saturated rings. The second-order valence-corrected chi connectivity index (χ2v) is 9.82. The molecule has 0 N–H and O–H groups in total. The first-order chi connectivity index (χ1) is 15.7. The third kappa shape index (κ3) is 3.19. The molecule has 0 radical (unpaired) electrons. The number of fused-ring (bicyclic) bond motifs is 3. The molecular weight excluding hydrogens is 414 g/mol. The molecule has 160 valence electrons. The molecule has 3 heterocycles. The Bertz CT molecular complexity index is 1290. The van der Waals surface area contributed by atoms with Gasteiger partial charge in [-0.25, -0.2) is 4.68 Å². The van der Waals surface area contributed by atoms with Gasteiger partial charge in [-0.15, -0.1) is 11.3 Å². The fourth-order valence-electron chi connectivity index (χ4n) is 5.17. The van der Waals surface area contributed by atoms with E-state index in [1.54, 1.807) is 11.3 Å². The van der Waals surface area contributed by atoms with E-state index in [1.807, 2.05) is 29.2 Å². The number of benzene rings is 2. The third-order valence-electron chi connectivity index (χ3n) is 6.78. The van der Waals surface area contributed by atoms with Gasteiger partial charge in [0.2, 0.25) is 0 Å². The second-order valence-electron chi connectivity index (χ2n) is 8.77. The fourth-order valence-corrected chi connectivity index (χ4v) is 6.46. The number of aryl methyl sites for hydroxylation is 2. The number of carbonyl (C=O) groups excluding carboxylic acids is 1. The number of rotatable bonds is 3. The summed E-state index contributed by atoms with van der Waals surface area (Å²) in [7, 11) is 0. The molecule has 6 rings (SSSR count). The number of nitrogens with zero attached hydrogens (tertiary/aromatic N) is 3. The van der Waals surface area contributed by atoms with Crippen molar-refractivity contribution in [3.63, 3.8) is 0 Å². The summed E-state index contributed by atoms with van der Waals surface area (Å²) in [5, 5.41) is 4.86. The van der Waals surface area contributed by atoms with Gasteiger partial charge in [0.1, 0.15) is 0 Å². The van der Waals surface area contributed by atoms with Crippen LogP contribution < -0.4 is 0 Å². The van der Waals surface area contributed by atoms with Crippen LogP contribution in [0.5, 0.6) is 0 Å². The average Bonchev–Trinajstić information content (AvgIpc) is 3.57. The number of hydrogen-bond acceptors (Lipinski definition) is 3. The van der Waals surface area contributed by atoms with Crippen molar-refractivity contribution < 1.29 is 4.79 Å². The fraction of sp³-hybridized carbons (Fsp3) is 0.259. The van der Waals surface area contributed by atoms with E-state index in [1.165, 1.54) is 27.3 Å². The highest BCUT2D eigenvalue weighted by molar-refractivity contribution is 7.17. The molecule has 1 atom stereocenters. The maximum atomic E-state index is 13.4. The van der Waals surface area contributed by atoms with Crippen molar-refractivity contribution in [2.24, 2.45) is 0 Å². The van der Waals surface area contributed by atoms with Crippen LogP contribution in [0.15, 0.2) is 66.7 Å². The van der Waals surface area contributed by atoms with E-state index < -0.39 is 0 Å². The summed E-state index contributed by atoms with van der Waals surface area (Å²) in [4.78, 5) is 17.5. The van der Waals surface area contributed by atoms with Gasteiger partial charge in [0.25, 0.3) is 5.91 Å². The van der Waals surface area contributed by atoms with Gasteiger partial charge in [-0.3, -0.25) is 4.79 Å². The van der Waals surface area contributed by atoms with Crippen LogP contribution in [0, 0.1) is 6.92 Å². The lowest BCUT2D eigenvalue weighted by Crippen LogP contribution is -2.27. The highest BCUT2D eigenvalue weighted by atomic mass is 32.1. The SMILES string of the molecule is Cc1nn(-c2ccccc2)c2c1-c1sc(C(=O)N3CC[C@@H](c4ccccc4)C3)cc1CC2. The molecule has 4 aromatic rings. The predicted octanol–water partition coefficient (Wildman–Crippen LogP) is 5.64. The zero-order valence-electron chi connectivity index (χ0n) is 18.1. The quantitative estimate of drug-likeness (QED) is 0.414. The van der Waals surface area contributed by atoms with Crippen molar-refractivity contribution in [1.29, 1.82) is 0 Å². The number of thiophene rings is 1. The molecule has 0 spiro atoms. The number of para-hydroxylation sites is 1. The first-order valence-electron chi connectivity index (χ1n) is 11.3. The topological polar surface area (TPSA) is 38.1 Å². The van der Waals surface area contributed by atoms with Gasteiger partial charge >= 0.3 is 0 Å². The molecule has 1 saturated heterocycles. The van der Waals surface area contributed by atoms with Gasteiger partial charge in [-0.1, -0.05) is 48.5 Å². The van der Waals surface area contributed by atoms with Crippen molar-refractivity contribution in [3.05, 3.63) is 94.1 Å². The summed E-state index contributed by atoms with van der Waals surface area (Å²) >= 11 is 1.65. The number of amides is 1. The molecule has 5 heteroatoms. The summed E-state index contributed by atoms with van der Waals surface area (Å²) in [6.07, 6.45) is 2.94. The van der Waals surface area contributed by atoms with Crippen molar-refractivity contribution >= 4 is 17.2 Å². The molecule has 0 bridgehead atoms. The maximum absolute atomic E-state index is 13.4. The Labute approximate surface area is 192 Å². The van der Waals surface area contributed by atoms with E-state index in [2.05, 4.69) is 54.1 Å². The summed E-state index contributed by atoms with van der Waals surface area (Å²) in [5.41, 5.74) is 7.24. The summed E-state index contributed by atoms with van der Waals surface area (Å²) < 4.78 is 2.08. The van der Waals surface area contributed by atoms with Gasteiger partial charge in [0.05, 0.1) is 22.0 Å². The zero-order chi connectivity index (χ0) is 21.7. The number of aromatic nitrogens is 2. The molecule has 0 saturated carbocycles. The molecule has 2 aromatic carbocycles. The Morgan fingerprint density at radius 1 is 1.03 bits per heavy atom.